The Labute approximate surface area is 145 Å². The Kier molecular flexibility index (Phi) is 4.21. The number of hydrogen-bond acceptors (Lipinski definition) is 4. The van der Waals surface area contributed by atoms with Crippen LogP contribution in [0.5, 0.6) is 0 Å². The molecule has 1 amide bonds. The fourth-order valence-corrected chi connectivity index (χ4v) is 3.13. The maximum absolute atomic E-state index is 12.4. The summed E-state index contributed by atoms with van der Waals surface area (Å²) in [4.78, 5) is 16.4. The second-order valence-corrected chi connectivity index (χ2v) is 6.17. The van der Waals surface area contributed by atoms with Crippen molar-refractivity contribution in [1.82, 2.24) is 4.98 Å². The molecule has 5 nitrogen and oxygen atoms in total. The second kappa shape index (κ2) is 6.66. The summed E-state index contributed by atoms with van der Waals surface area (Å²) in [6.45, 7) is 0.519. The number of nitrogens with one attached hydrogen (secondary N) is 1. The predicted molar refractivity (Wildman–Crippen MR) is 97.8 cm³/mol. The number of benzene rings is 2. The molecule has 124 valence electrons. The second-order valence-electron chi connectivity index (χ2n) is 6.17. The lowest BCUT2D eigenvalue weighted by atomic mass is 9.73. The number of aromatic nitrogens is 1. The number of fused-ring (bicyclic) bond motifs is 2. The molecule has 0 unspecified atom stereocenters. The fraction of sp³-hybridized carbons (Fsp3) is 0.158. The van der Waals surface area contributed by atoms with Gasteiger partial charge in [0.25, 0.3) is 0 Å². The summed E-state index contributed by atoms with van der Waals surface area (Å²) in [7, 11) is -0.902. The SMILES string of the molecule is O=C(Cc1ccc2c(c1)B(O)OCC2)Nc1ccc2cnccc2c1. The van der Waals surface area contributed by atoms with Crippen LogP contribution in [0.25, 0.3) is 10.8 Å². The van der Waals surface area contributed by atoms with Crippen molar-refractivity contribution in [3.63, 3.8) is 0 Å². The van der Waals surface area contributed by atoms with Crippen LogP contribution in [0.1, 0.15) is 11.1 Å². The molecule has 3 aromatic rings. The zero-order chi connectivity index (χ0) is 17.2. The van der Waals surface area contributed by atoms with E-state index in [1.807, 2.05) is 42.5 Å². The van der Waals surface area contributed by atoms with E-state index in [-0.39, 0.29) is 12.3 Å². The van der Waals surface area contributed by atoms with Gasteiger partial charge in [-0.3, -0.25) is 9.78 Å². The van der Waals surface area contributed by atoms with Gasteiger partial charge in [0.1, 0.15) is 0 Å². The number of hydrogen-bond donors (Lipinski definition) is 2. The fourth-order valence-electron chi connectivity index (χ4n) is 3.13. The largest absolute Gasteiger partial charge is 0.491 e. The van der Waals surface area contributed by atoms with Crippen LogP contribution in [0, 0.1) is 0 Å². The number of carbonyl (C=O) groups excluding carboxylic acids is 1. The minimum absolute atomic E-state index is 0.0976. The lowest BCUT2D eigenvalue weighted by Crippen LogP contribution is -2.41. The zero-order valence-corrected chi connectivity index (χ0v) is 13.6. The van der Waals surface area contributed by atoms with E-state index in [0.29, 0.717) is 6.61 Å². The maximum atomic E-state index is 12.4. The highest BCUT2D eigenvalue weighted by Gasteiger charge is 2.24. The van der Waals surface area contributed by atoms with Crippen molar-refractivity contribution in [2.75, 3.05) is 11.9 Å². The summed E-state index contributed by atoms with van der Waals surface area (Å²) in [5.74, 6) is -0.0976. The van der Waals surface area contributed by atoms with Crippen molar-refractivity contribution in [2.24, 2.45) is 0 Å². The van der Waals surface area contributed by atoms with Gasteiger partial charge in [0, 0.05) is 30.1 Å². The molecular formula is C19H17BN2O3. The van der Waals surface area contributed by atoms with Gasteiger partial charge < -0.3 is 15.0 Å². The van der Waals surface area contributed by atoms with E-state index in [1.165, 1.54) is 0 Å². The van der Waals surface area contributed by atoms with Crippen LogP contribution in [0.4, 0.5) is 5.69 Å². The maximum Gasteiger partial charge on any atom is 0.491 e. The topological polar surface area (TPSA) is 71.5 Å². The van der Waals surface area contributed by atoms with E-state index in [2.05, 4.69) is 10.3 Å². The Morgan fingerprint density at radius 3 is 3.04 bits per heavy atom. The quantitative estimate of drug-likeness (QED) is 0.716. The summed E-state index contributed by atoms with van der Waals surface area (Å²) < 4.78 is 5.25. The average molecular weight is 332 g/mol. The minimum Gasteiger partial charge on any atom is -0.423 e. The summed E-state index contributed by atoms with van der Waals surface area (Å²) in [5.41, 5.74) is 3.44. The molecule has 1 aliphatic heterocycles. The van der Waals surface area contributed by atoms with Gasteiger partial charge in [0.2, 0.25) is 5.91 Å². The summed E-state index contributed by atoms with van der Waals surface area (Å²) in [6, 6.07) is 13.4. The Bertz CT molecular complexity index is 945. The van der Waals surface area contributed by atoms with Crippen LogP contribution >= 0.6 is 0 Å². The van der Waals surface area contributed by atoms with Crippen molar-refractivity contribution < 1.29 is 14.5 Å². The molecule has 1 aliphatic rings. The number of pyridine rings is 1. The third kappa shape index (κ3) is 3.40. The number of carbonyl (C=O) groups is 1. The highest BCUT2D eigenvalue weighted by atomic mass is 16.5. The number of rotatable bonds is 3. The van der Waals surface area contributed by atoms with E-state index < -0.39 is 7.12 Å². The molecule has 0 fully saturated rings. The zero-order valence-electron chi connectivity index (χ0n) is 13.6. The Morgan fingerprint density at radius 2 is 2.12 bits per heavy atom. The van der Waals surface area contributed by atoms with Crippen molar-refractivity contribution in [2.45, 2.75) is 12.8 Å². The van der Waals surface area contributed by atoms with Gasteiger partial charge in [-0.25, -0.2) is 0 Å². The monoisotopic (exact) mass is 332 g/mol. The summed E-state index contributed by atoms with van der Waals surface area (Å²) in [5, 5.41) is 14.9. The van der Waals surface area contributed by atoms with E-state index in [0.717, 1.165) is 39.5 Å². The van der Waals surface area contributed by atoms with Gasteiger partial charge in [-0.15, -0.1) is 0 Å². The van der Waals surface area contributed by atoms with Gasteiger partial charge in [-0.2, -0.15) is 0 Å². The predicted octanol–water partition coefficient (Wildman–Crippen LogP) is 1.68. The van der Waals surface area contributed by atoms with Gasteiger partial charge in [0.05, 0.1) is 6.42 Å². The first-order valence-electron chi connectivity index (χ1n) is 8.24. The molecule has 0 atom stereocenters. The molecule has 2 heterocycles. The number of amides is 1. The highest BCUT2D eigenvalue weighted by molar-refractivity contribution is 6.60. The molecule has 0 radical (unpaired) electrons. The first-order valence-corrected chi connectivity index (χ1v) is 8.24. The van der Waals surface area contributed by atoms with E-state index in [4.69, 9.17) is 4.65 Å². The average Bonchev–Trinajstić information content (AvgIpc) is 2.62. The molecule has 2 N–H and O–H groups in total. The summed E-state index contributed by atoms with van der Waals surface area (Å²) >= 11 is 0. The van der Waals surface area contributed by atoms with Crippen LogP contribution in [0.3, 0.4) is 0 Å². The molecular weight excluding hydrogens is 315 g/mol. The van der Waals surface area contributed by atoms with Crippen molar-refractivity contribution in [3.05, 3.63) is 66.0 Å². The van der Waals surface area contributed by atoms with E-state index in [9.17, 15) is 9.82 Å². The van der Waals surface area contributed by atoms with Gasteiger partial charge in [-0.05, 0) is 46.6 Å². The van der Waals surface area contributed by atoms with Gasteiger partial charge >= 0.3 is 7.12 Å². The molecule has 6 heteroatoms. The van der Waals surface area contributed by atoms with Gasteiger partial charge in [-0.1, -0.05) is 24.3 Å². The smallest absolute Gasteiger partial charge is 0.423 e. The van der Waals surface area contributed by atoms with E-state index in [1.54, 1.807) is 12.4 Å². The molecule has 0 spiro atoms. The first-order chi connectivity index (χ1) is 12.2. The van der Waals surface area contributed by atoms with Crippen molar-refractivity contribution in [3.8, 4) is 0 Å². The molecule has 25 heavy (non-hydrogen) atoms. The van der Waals surface area contributed by atoms with E-state index >= 15 is 0 Å². The minimum atomic E-state index is -0.902. The van der Waals surface area contributed by atoms with Crippen LogP contribution < -0.4 is 10.8 Å². The van der Waals surface area contributed by atoms with Crippen molar-refractivity contribution >= 4 is 34.9 Å². The molecule has 0 aliphatic carbocycles. The first kappa shape index (κ1) is 15.8. The third-order valence-corrected chi connectivity index (χ3v) is 4.41. The third-order valence-electron chi connectivity index (χ3n) is 4.41. The molecule has 1 aromatic heterocycles. The number of nitrogens with zero attached hydrogens (tertiary/aromatic N) is 1. The molecule has 0 bridgehead atoms. The normalized spacial score (nSPS) is 13.6. The lowest BCUT2D eigenvalue weighted by molar-refractivity contribution is -0.115. The Morgan fingerprint density at radius 1 is 1.20 bits per heavy atom. The Balaban J connectivity index is 1.49. The molecule has 4 rings (SSSR count). The van der Waals surface area contributed by atoms with Crippen LogP contribution in [-0.2, 0) is 22.3 Å². The molecule has 0 saturated carbocycles. The molecule has 0 saturated heterocycles. The lowest BCUT2D eigenvalue weighted by Gasteiger charge is -2.19. The van der Waals surface area contributed by atoms with Crippen LogP contribution in [0.15, 0.2) is 54.9 Å². The van der Waals surface area contributed by atoms with Crippen LogP contribution in [0.2, 0.25) is 0 Å². The van der Waals surface area contributed by atoms with Crippen molar-refractivity contribution in [1.29, 1.82) is 0 Å². The number of anilines is 1. The Hall–Kier alpha value is -2.70. The molecule has 2 aromatic carbocycles. The summed E-state index contributed by atoms with van der Waals surface area (Å²) in [6.07, 6.45) is 4.55. The van der Waals surface area contributed by atoms with Gasteiger partial charge in [0.15, 0.2) is 0 Å². The highest BCUT2D eigenvalue weighted by Crippen LogP contribution is 2.18. The standard InChI is InChI=1S/C19H17BN2O3/c23-19(22-17-4-3-16-12-21-7-5-15(16)11-17)10-13-1-2-14-6-8-25-20(24)18(14)9-13/h1-5,7,9,11-12,24H,6,8,10H2,(H,22,23). The van der Waals surface area contributed by atoms with Crippen LogP contribution in [-0.4, -0.2) is 29.6 Å².